The molecule has 2 rings (SSSR count). The number of nitrogens with one attached hydrogen (secondary N) is 2. The summed E-state index contributed by atoms with van der Waals surface area (Å²) in [5.41, 5.74) is 2.74. The largest absolute Gasteiger partial charge is 0.355 e. The van der Waals surface area contributed by atoms with Crippen LogP contribution in [0.25, 0.3) is 0 Å². The third-order valence-electron chi connectivity index (χ3n) is 4.86. The molecular weight excluding hydrogens is 314 g/mol. The average molecular weight is 345 g/mol. The average Bonchev–Trinajstić information content (AvgIpc) is 2.59. The molecule has 0 bridgehead atoms. The lowest BCUT2D eigenvalue weighted by Crippen LogP contribution is -2.43. The highest BCUT2D eigenvalue weighted by Gasteiger charge is 2.20. The van der Waals surface area contributed by atoms with Crippen molar-refractivity contribution in [1.29, 1.82) is 0 Å². The van der Waals surface area contributed by atoms with Crippen molar-refractivity contribution in [3.63, 3.8) is 0 Å². The van der Waals surface area contributed by atoms with Crippen LogP contribution in [0, 0.1) is 12.8 Å². The van der Waals surface area contributed by atoms with Crippen molar-refractivity contribution in [1.82, 2.24) is 15.5 Å². The SMILES string of the molecule is CC(=O)NCCNC(=O)CN1CCC(CCc2ccc(C)cc2)CC1. The first kappa shape index (κ1) is 19.4. The number of hydrogen-bond acceptors (Lipinski definition) is 3. The number of nitrogens with zero attached hydrogens (tertiary/aromatic N) is 1. The summed E-state index contributed by atoms with van der Waals surface area (Å²) in [6.07, 6.45) is 4.73. The van der Waals surface area contributed by atoms with Crippen LogP contribution in [-0.2, 0) is 16.0 Å². The summed E-state index contributed by atoms with van der Waals surface area (Å²) in [6.45, 7) is 7.04. The van der Waals surface area contributed by atoms with Gasteiger partial charge in [-0.15, -0.1) is 0 Å². The van der Waals surface area contributed by atoms with Crippen molar-refractivity contribution in [2.45, 2.75) is 39.5 Å². The number of likely N-dealkylation sites (tertiary alicyclic amines) is 1. The van der Waals surface area contributed by atoms with Gasteiger partial charge >= 0.3 is 0 Å². The van der Waals surface area contributed by atoms with E-state index in [0.717, 1.165) is 25.4 Å². The molecule has 0 aliphatic carbocycles. The van der Waals surface area contributed by atoms with E-state index in [0.29, 0.717) is 19.6 Å². The Balaban J connectivity index is 1.58. The molecule has 1 aliphatic heterocycles. The van der Waals surface area contributed by atoms with Crippen molar-refractivity contribution >= 4 is 11.8 Å². The summed E-state index contributed by atoms with van der Waals surface area (Å²) < 4.78 is 0. The topological polar surface area (TPSA) is 61.4 Å². The molecule has 0 atom stereocenters. The Morgan fingerprint density at radius 2 is 1.72 bits per heavy atom. The highest BCUT2D eigenvalue weighted by Crippen LogP contribution is 2.22. The number of hydrogen-bond donors (Lipinski definition) is 2. The summed E-state index contributed by atoms with van der Waals surface area (Å²) in [7, 11) is 0. The lowest BCUT2D eigenvalue weighted by molar-refractivity contribution is -0.123. The van der Waals surface area contributed by atoms with Gasteiger partial charge in [0, 0.05) is 20.0 Å². The van der Waals surface area contributed by atoms with Gasteiger partial charge in [-0.1, -0.05) is 29.8 Å². The summed E-state index contributed by atoms with van der Waals surface area (Å²) in [4.78, 5) is 24.9. The molecule has 5 nitrogen and oxygen atoms in total. The summed E-state index contributed by atoms with van der Waals surface area (Å²) in [6, 6.07) is 8.83. The van der Waals surface area contributed by atoms with Gasteiger partial charge in [-0.2, -0.15) is 0 Å². The van der Waals surface area contributed by atoms with Crippen molar-refractivity contribution in [3.8, 4) is 0 Å². The fourth-order valence-corrected chi connectivity index (χ4v) is 3.26. The minimum atomic E-state index is -0.0676. The normalized spacial score (nSPS) is 15.8. The number of amides is 2. The first-order valence-electron chi connectivity index (χ1n) is 9.32. The Bertz CT molecular complexity index is 549. The molecule has 1 fully saturated rings. The summed E-state index contributed by atoms with van der Waals surface area (Å²) >= 11 is 0. The molecule has 2 N–H and O–H groups in total. The van der Waals surface area contributed by atoms with E-state index in [4.69, 9.17) is 0 Å². The van der Waals surface area contributed by atoms with Crippen LogP contribution in [0.15, 0.2) is 24.3 Å². The molecule has 138 valence electrons. The van der Waals surface area contributed by atoms with Crippen molar-refractivity contribution < 1.29 is 9.59 Å². The molecule has 2 amide bonds. The fraction of sp³-hybridized carbons (Fsp3) is 0.600. The van der Waals surface area contributed by atoms with Crippen LogP contribution < -0.4 is 10.6 Å². The highest BCUT2D eigenvalue weighted by atomic mass is 16.2. The van der Waals surface area contributed by atoms with Gasteiger partial charge in [0.15, 0.2) is 0 Å². The smallest absolute Gasteiger partial charge is 0.234 e. The maximum atomic E-state index is 11.9. The van der Waals surface area contributed by atoms with E-state index in [2.05, 4.69) is 46.7 Å². The lowest BCUT2D eigenvalue weighted by Gasteiger charge is -2.31. The second-order valence-corrected chi connectivity index (χ2v) is 7.08. The Hall–Kier alpha value is -1.88. The molecule has 1 heterocycles. The monoisotopic (exact) mass is 345 g/mol. The van der Waals surface area contributed by atoms with Crippen LogP contribution in [0.2, 0.25) is 0 Å². The summed E-state index contributed by atoms with van der Waals surface area (Å²) in [5.74, 6) is 0.741. The van der Waals surface area contributed by atoms with E-state index in [9.17, 15) is 9.59 Å². The second-order valence-electron chi connectivity index (χ2n) is 7.08. The first-order chi connectivity index (χ1) is 12.0. The van der Waals surface area contributed by atoms with Crippen LogP contribution in [0.5, 0.6) is 0 Å². The second kappa shape index (κ2) is 10.2. The van der Waals surface area contributed by atoms with Crippen molar-refractivity contribution in [2.75, 3.05) is 32.7 Å². The van der Waals surface area contributed by atoms with E-state index in [1.807, 2.05) is 0 Å². The maximum absolute atomic E-state index is 11.9. The van der Waals surface area contributed by atoms with Gasteiger partial charge in [0.05, 0.1) is 6.54 Å². The van der Waals surface area contributed by atoms with Crippen LogP contribution in [0.4, 0.5) is 0 Å². The van der Waals surface area contributed by atoms with Crippen molar-refractivity contribution in [2.24, 2.45) is 5.92 Å². The molecular formula is C20H31N3O2. The third kappa shape index (κ3) is 7.69. The predicted octanol–water partition coefficient (Wildman–Crippen LogP) is 1.89. The molecule has 25 heavy (non-hydrogen) atoms. The lowest BCUT2D eigenvalue weighted by atomic mass is 9.90. The Labute approximate surface area is 151 Å². The molecule has 5 heteroatoms. The molecule has 1 aromatic rings. The van der Waals surface area contributed by atoms with E-state index < -0.39 is 0 Å². The molecule has 0 aromatic heterocycles. The molecule has 0 radical (unpaired) electrons. The predicted molar refractivity (Wildman–Crippen MR) is 100 cm³/mol. The zero-order chi connectivity index (χ0) is 18.1. The molecule has 0 spiro atoms. The minimum absolute atomic E-state index is 0.0449. The zero-order valence-corrected chi connectivity index (χ0v) is 15.5. The van der Waals surface area contributed by atoms with Gasteiger partial charge in [0.1, 0.15) is 0 Å². The molecule has 0 unspecified atom stereocenters. The quantitative estimate of drug-likeness (QED) is 0.708. The van der Waals surface area contributed by atoms with Gasteiger partial charge < -0.3 is 10.6 Å². The fourth-order valence-electron chi connectivity index (χ4n) is 3.26. The number of carbonyl (C=O) groups excluding carboxylic acids is 2. The molecule has 1 aliphatic rings. The summed E-state index contributed by atoms with van der Waals surface area (Å²) in [5, 5.41) is 5.53. The number of carbonyl (C=O) groups is 2. The number of rotatable bonds is 8. The standard InChI is InChI=1S/C20H31N3O2/c1-16-3-5-18(6-4-16)7-8-19-9-13-23(14-10-19)15-20(25)22-12-11-21-17(2)24/h3-6,19H,7-15H2,1-2H3,(H,21,24)(H,22,25). The van der Waals surface area contributed by atoms with E-state index in [1.54, 1.807) is 0 Å². The Morgan fingerprint density at radius 3 is 2.36 bits per heavy atom. The molecule has 1 aromatic carbocycles. The minimum Gasteiger partial charge on any atom is -0.355 e. The molecule has 0 saturated carbocycles. The van der Waals surface area contributed by atoms with Crippen molar-refractivity contribution in [3.05, 3.63) is 35.4 Å². The van der Waals surface area contributed by atoms with Crippen LogP contribution in [0.1, 0.15) is 37.3 Å². The Kier molecular flexibility index (Phi) is 7.92. The van der Waals surface area contributed by atoms with E-state index in [-0.39, 0.29) is 11.8 Å². The number of aryl methyl sites for hydroxylation is 2. The number of benzene rings is 1. The van der Waals surface area contributed by atoms with Crippen LogP contribution >= 0.6 is 0 Å². The van der Waals surface area contributed by atoms with Gasteiger partial charge in [-0.05, 0) is 57.2 Å². The van der Waals surface area contributed by atoms with Crippen LogP contribution in [0.3, 0.4) is 0 Å². The van der Waals surface area contributed by atoms with Gasteiger partial charge in [-0.3, -0.25) is 14.5 Å². The number of piperidine rings is 1. The van der Waals surface area contributed by atoms with Gasteiger partial charge in [0.2, 0.25) is 11.8 Å². The van der Waals surface area contributed by atoms with E-state index >= 15 is 0 Å². The molecule has 1 saturated heterocycles. The highest BCUT2D eigenvalue weighted by molar-refractivity contribution is 5.78. The first-order valence-corrected chi connectivity index (χ1v) is 9.32. The van der Waals surface area contributed by atoms with Gasteiger partial charge in [-0.25, -0.2) is 0 Å². The Morgan fingerprint density at radius 1 is 1.08 bits per heavy atom. The van der Waals surface area contributed by atoms with E-state index in [1.165, 1.54) is 37.3 Å². The third-order valence-corrected chi connectivity index (χ3v) is 4.86. The van der Waals surface area contributed by atoms with Crippen LogP contribution in [-0.4, -0.2) is 49.4 Å². The van der Waals surface area contributed by atoms with Gasteiger partial charge in [0.25, 0.3) is 0 Å². The maximum Gasteiger partial charge on any atom is 0.234 e. The zero-order valence-electron chi connectivity index (χ0n) is 15.5.